The molecule has 3 fully saturated rings. The number of carbonyl (C=O) groups is 1. The predicted molar refractivity (Wildman–Crippen MR) is 114 cm³/mol. The zero-order valence-corrected chi connectivity index (χ0v) is 17.6. The molecule has 3 aliphatic rings. The summed E-state index contributed by atoms with van der Waals surface area (Å²) in [6.45, 7) is 10.8. The third kappa shape index (κ3) is 4.51. The Kier molecular flexibility index (Phi) is 6.19. The van der Waals surface area contributed by atoms with Crippen LogP contribution in [0.2, 0.25) is 0 Å². The third-order valence-electron chi connectivity index (χ3n) is 6.67. The van der Waals surface area contributed by atoms with E-state index in [-0.39, 0.29) is 5.91 Å². The zero-order chi connectivity index (χ0) is 19.5. The summed E-state index contributed by atoms with van der Waals surface area (Å²) in [4.78, 5) is 25.1. The highest BCUT2D eigenvalue weighted by Crippen LogP contribution is 2.32. The van der Waals surface area contributed by atoms with E-state index in [2.05, 4.69) is 23.6 Å². The average molecular weight is 385 g/mol. The fourth-order valence-electron chi connectivity index (χ4n) is 4.83. The average Bonchev–Trinajstić information content (AvgIpc) is 3.55. The topological polar surface area (TPSA) is 39.7 Å². The molecule has 1 aromatic rings. The minimum absolute atomic E-state index is 0.169. The highest BCUT2D eigenvalue weighted by molar-refractivity contribution is 5.99. The van der Waals surface area contributed by atoms with E-state index in [0.29, 0.717) is 12.0 Å². The van der Waals surface area contributed by atoms with Gasteiger partial charge in [-0.15, -0.1) is 0 Å². The number of aromatic nitrogens is 1. The van der Waals surface area contributed by atoms with E-state index in [0.717, 1.165) is 69.3 Å². The van der Waals surface area contributed by atoms with Crippen molar-refractivity contribution in [1.29, 1.82) is 0 Å². The lowest BCUT2D eigenvalue weighted by Crippen LogP contribution is -2.46. The lowest BCUT2D eigenvalue weighted by Gasteiger charge is -2.35. The van der Waals surface area contributed by atoms with Gasteiger partial charge in [0.15, 0.2) is 0 Å². The fourth-order valence-corrected chi connectivity index (χ4v) is 4.83. The first-order chi connectivity index (χ1) is 13.6. The van der Waals surface area contributed by atoms with Crippen LogP contribution >= 0.6 is 0 Å². The number of hydrogen-bond donors (Lipinski definition) is 0. The van der Waals surface area contributed by atoms with Crippen LogP contribution in [0.4, 0.5) is 5.82 Å². The zero-order valence-electron chi connectivity index (χ0n) is 17.6. The number of piperidine rings is 1. The number of pyridine rings is 1. The van der Waals surface area contributed by atoms with Gasteiger partial charge in [-0.1, -0.05) is 13.8 Å². The molecule has 1 amide bonds. The van der Waals surface area contributed by atoms with Crippen LogP contribution < -0.4 is 4.90 Å². The number of nitrogens with zero attached hydrogens (tertiary/aromatic N) is 4. The molecule has 0 unspecified atom stereocenters. The van der Waals surface area contributed by atoms with Crippen molar-refractivity contribution in [3.8, 4) is 0 Å². The van der Waals surface area contributed by atoms with Crippen molar-refractivity contribution in [2.75, 3.05) is 44.2 Å². The monoisotopic (exact) mass is 384 g/mol. The number of rotatable bonds is 5. The van der Waals surface area contributed by atoms with Crippen LogP contribution in [0.5, 0.6) is 0 Å². The van der Waals surface area contributed by atoms with Crippen LogP contribution in [0.15, 0.2) is 18.3 Å². The summed E-state index contributed by atoms with van der Waals surface area (Å²) in [5, 5.41) is 0. The van der Waals surface area contributed by atoms with Gasteiger partial charge in [0.05, 0.1) is 5.56 Å². The Morgan fingerprint density at radius 1 is 1.11 bits per heavy atom. The molecule has 4 rings (SSSR count). The Balaban J connectivity index is 1.55. The maximum Gasteiger partial charge on any atom is 0.257 e. The first-order valence-electron chi connectivity index (χ1n) is 11.4. The molecule has 1 aliphatic carbocycles. The molecule has 0 spiro atoms. The van der Waals surface area contributed by atoms with Gasteiger partial charge in [0.25, 0.3) is 5.91 Å². The first kappa shape index (κ1) is 19.7. The molecule has 1 saturated carbocycles. The summed E-state index contributed by atoms with van der Waals surface area (Å²) in [5.41, 5.74) is 0.794. The second-order valence-corrected chi connectivity index (χ2v) is 9.28. The van der Waals surface area contributed by atoms with E-state index in [1.54, 1.807) is 0 Å². The van der Waals surface area contributed by atoms with E-state index in [9.17, 15) is 4.79 Å². The first-order valence-corrected chi connectivity index (χ1v) is 11.4. The molecule has 1 atom stereocenters. The second-order valence-electron chi connectivity index (χ2n) is 9.28. The molecule has 5 nitrogen and oxygen atoms in total. The van der Waals surface area contributed by atoms with E-state index >= 15 is 0 Å². The van der Waals surface area contributed by atoms with E-state index in [1.165, 1.54) is 25.8 Å². The number of amides is 1. The SMILES string of the molecule is CC(C)[C@@H]1CN(c2ncccc2C(=O)N2CCCCC2)CCCN1CC1CC1. The lowest BCUT2D eigenvalue weighted by atomic mass is 10.0. The van der Waals surface area contributed by atoms with Crippen LogP contribution in [0.1, 0.15) is 62.7 Å². The molecule has 0 radical (unpaired) electrons. The number of anilines is 1. The van der Waals surface area contributed by atoms with Gasteiger partial charge in [-0.05, 0) is 62.5 Å². The normalized spacial score (nSPS) is 24.5. The molecule has 5 heteroatoms. The standard InChI is InChI=1S/C23H36N4O/c1-18(2)21-17-27(15-7-14-26(21)16-19-9-10-19)22-20(8-6-11-24-22)23(28)25-12-4-3-5-13-25/h6,8,11,18-19,21H,3-5,7,9-10,12-17H2,1-2H3/t21-/m0/s1. The molecular formula is C23H36N4O. The van der Waals surface area contributed by atoms with Crippen molar-refractivity contribution in [2.45, 2.75) is 58.4 Å². The minimum Gasteiger partial charge on any atom is -0.354 e. The molecule has 3 heterocycles. The Bertz CT molecular complexity index is 666. The van der Waals surface area contributed by atoms with Gasteiger partial charge in [-0.2, -0.15) is 0 Å². The van der Waals surface area contributed by atoms with Crippen LogP contribution in [-0.4, -0.2) is 66.0 Å². The van der Waals surface area contributed by atoms with Gasteiger partial charge >= 0.3 is 0 Å². The molecule has 2 aliphatic heterocycles. The number of carbonyl (C=O) groups excluding carboxylic acids is 1. The molecular weight excluding hydrogens is 348 g/mol. The van der Waals surface area contributed by atoms with E-state index in [4.69, 9.17) is 4.98 Å². The van der Waals surface area contributed by atoms with Gasteiger partial charge in [-0.25, -0.2) is 4.98 Å². The van der Waals surface area contributed by atoms with Crippen molar-refractivity contribution in [1.82, 2.24) is 14.8 Å². The van der Waals surface area contributed by atoms with Gasteiger partial charge in [0.2, 0.25) is 0 Å². The van der Waals surface area contributed by atoms with Gasteiger partial charge in [0, 0.05) is 51.5 Å². The predicted octanol–water partition coefficient (Wildman–Crippen LogP) is 3.65. The largest absolute Gasteiger partial charge is 0.354 e. The Morgan fingerprint density at radius 3 is 2.61 bits per heavy atom. The van der Waals surface area contributed by atoms with Crippen molar-refractivity contribution < 1.29 is 4.79 Å². The highest BCUT2D eigenvalue weighted by Gasteiger charge is 2.33. The quantitative estimate of drug-likeness (QED) is 0.777. The summed E-state index contributed by atoms with van der Waals surface area (Å²) in [6.07, 6.45) is 9.28. The number of likely N-dealkylation sites (tertiary alicyclic amines) is 1. The van der Waals surface area contributed by atoms with Crippen molar-refractivity contribution in [3.05, 3.63) is 23.9 Å². The van der Waals surface area contributed by atoms with Crippen molar-refractivity contribution >= 4 is 11.7 Å². The molecule has 154 valence electrons. The molecule has 28 heavy (non-hydrogen) atoms. The summed E-state index contributed by atoms with van der Waals surface area (Å²) >= 11 is 0. The Morgan fingerprint density at radius 2 is 1.89 bits per heavy atom. The molecule has 1 aromatic heterocycles. The Hall–Kier alpha value is -1.62. The maximum atomic E-state index is 13.2. The van der Waals surface area contributed by atoms with E-state index < -0.39 is 0 Å². The Labute approximate surface area is 170 Å². The summed E-state index contributed by atoms with van der Waals surface area (Å²) in [6, 6.07) is 4.43. The summed E-state index contributed by atoms with van der Waals surface area (Å²) in [7, 11) is 0. The van der Waals surface area contributed by atoms with Gasteiger partial charge < -0.3 is 9.80 Å². The van der Waals surface area contributed by atoms with Crippen LogP contribution in [0, 0.1) is 11.8 Å². The van der Waals surface area contributed by atoms with Gasteiger partial charge in [-0.3, -0.25) is 9.69 Å². The molecule has 0 aromatic carbocycles. The lowest BCUT2D eigenvalue weighted by molar-refractivity contribution is 0.0724. The van der Waals surface area contributed by atoms with Gasteiger partial charge in [0.1, 0.15) is 5.82 Å². The van der Waals surface area contributed by atoms with Crippen LogP contribution in [0.3, 0.4) is 0 Å². The molecule has 0 bridgehead atoms. The number of hydrogen-bond acceptors (Lipinski definition) is 4. The molecule has 0 N–H and O–H groups in total. The fraction of sp³-hybridized carbons (Fsp3) is 0.739. The summed E-state index contributed by atoms with van der Waals surface area (Å²) < 4.78 is 0. The second kappa shape index (κ2) is 8.81. The minimum atomic E-state index is 0.169. The smallest absolute Gasteiger partial charge is 0.257 e. The van der Waals surface area contributed by atoms with Crippen LogP contribution in [0.25, 0.3) is 0 Å². The maximum absolute atomic E-state index is 13.2. The molecule has 2 saturated heterocycles. The highest BCUT2D eigenvalue weighted by atomic mass is 16.2. The summed E-state index contributed by atoms with van der Waals surface area (Å²) in [5.74, 6) is 2.59. The van der Waals surface area contributed by atoms with Crippen LogP contribution in [-0.2, 0) is 0 Å². The van der Waals surface area contributed by atoms with Crippen molar-refractivity contribution in [2.24, 2.45) is 11.8 Å². The third-order valence-corrected chi connectivity index (χ3v) is 6.67. The van der Waals surface area contributed by atoms with Crippen molar-refractivity contribution in [3.63, 3.8) is 0 Å². The van der Waals surface area contributed by atoms with E-state index in [1.807, 2.05) is 23.2 Å².